The molecule has 2 amide bonds. The maximum Gasteiger partial charge on any atom is 0.251 e. The molecule has 8 nitrogen and oxygen atoms in total. The molecule has 0 aliphatic carbocycles. The molecule has 0 spiro atoms. The fourth-order valence-electron chi connectivity index (χ4n) is 3.95. The Morgan fingerprint density at radius 2 is 1.63 bits per heavy atom. The molecule has 2 aliphatic heterocycles. The Morgan fingerprint density at radius 1 is 1.00 bits per heavy atom. The number of rotatable bonds is 7. The van der Waals surface area contributed by atoms with Crippen molar-refractivity contribution in [2.75, 3.05) is 39.8 Å². The SMILES string of the molecule is COc1ccc(C(=O)NCCC(=O)N2CCCC2)cc1S(=O)(=O)N1CCCCCC1. The molecular weight excluding hydrogens is 406 g/mol. The van der Waals surface area contributed by atoms with E-state index in [0.29, 0.717) is 13.1 Å². The van der Waals surface area contributed by atoms with Gasteiger partial charge in [-0.25, -0.2) is 8.42 Å². The van der Waals surface area contributed by atoms with Gasteiger partial charge in [-0.2, -0.15) is 4.31 Å². The van der Waals surface area contributed by atoms with Crippen molar-refractivity contribution in [1.82, 2.24) is 14.5 Å². The van der Waals surface area contributed by atoms with Crippen LogP contribution in [0.25, 0.3) is 0 Å². The first-order valence-corrected chi connectivity index (χ1v) is 12.1. The average Bonchev–Trinajstić information content (AvgIpc) is 3.15. The molecule has 2 heterocycles. The highest BCUT2D eigenvalue weighted by atomic mass is 32.2. The standard InChI is InChI=1S/C21H31N3O5S/c1-29-18-9-8-17(21(26)22-11-10-20(25)23-12-6-7-13-23)16-19(18)30(27,28)24-14-4-2-3-5-15-24/h8-9,16H,2-7,10-15H2,1H3,(H,22,26). The zero-order chi connectivity index (χ0) is 21.6. The smallest absolute Gasteiger partial charge is 0.251 e. The van der Waals surface area contributed by atoms with Gasteiger partial charge < -0.3 is 15.0 Å². The Balaban J connectivity index is 1.69. The van der Waals surface area contributed by atoms with E-state index in [1.807, 2.05) is 4.90 Å². The van der Waals surface area contributed by atoms with Crippen LogP contribution in [0.3, 0.4) is 0 Å². The van der Waals surface area contributed by atoms with Gasteiger partial charge in [-0.05, 0) is 43.9 Å². The lowest BCUT2D eigenvalue weighted by atomic mass is 10.2. The number of nitrogens with one attached hydrogen (secondary N) is 1. The monoisotopic (exact) mass is 437 g/mol. The van der Waals surface area contributed by atoms with E-state index in [0.717, 1.165) is 51.6 Å². The van der Waals surface area contributed by atoms with E-state index >= 15 is 0 Å². The van der Waals surface area contributed by atoms with Crippen LogP contribution in [0.2, 0.25) is 0 Å². The molecule has 0 bridgehead atoms. The number of hydrogen-bond acceptors (Lipinski definition) is 5. The number of benzene rings is 1. The van der Waals surface area contributed by atoms with Crippen molar-refractivity contribution >= 4 is 21.8 Å². The second kappa shape index (κ2) is 10.3. The van der Waals surface area contributed by atoms with Gasteiger partial charge in [0.25, 0.3) is 5.91 Å². The van der Waals surface area contributed by atoms with Crippen LogP contribution in [-0.2, 0) is 14.8 Å². The summed E-state index contributed by atoms with van der Waals surface area (Å²) in [4.78, 5) is 26.5. The molecule has 166 valence electrons. The molecule has 2 fully saturated rings. The number of methoxy groups -OCH3 is 1. The van der Waals surface area contributed by atoms with Gasteiger partial charge in [0.1, 0.15) is 10.6 Å². The molecule has 0 radical (unpaired) electrons. The summed E-state index contributed by atoms with van der Waals surface area (Å²) in [5, 5.41) is 2.72. The zero-order valence-corrected chi connectivity index (χ0v) is 18.4. The Morgan fingerprint density at radius 3 is 2.27 bits per heavy atom. The Labute approximate surface area is 178 Å². The van der Waals surface area contributed by atoms with Crippen molar-refractivity contribution in [3.63, 3.8) is 0 Å². The van der Waals surface area contributed by atoms with Crippen molar-refractivity contribution in [2.24, 2.45) is 0 Å². The van der Waals surface area contributed by atoms with Crippen LogP contribution >= 0.6 is 0 Å². The van der Waals surface area contributed by atoms with Gasteiger partial charge in [-0.3, -0.25) is 9.59 Å². The minimum Gasteiger partial charge on any atom is -0.495 e. The summed E-state index contributed by atoms with van der Waals surface area (Å²) in [6.45, 7) is 2.72. The number of hydrogen-bond donors (Lipinski definition) is 1. The third-order valence-electron chi connectivity index (χ3n) is 5.69. The maximum atomic E-state index is 13.2. The highest BCUT2D eigenvalue weighted by molar-refractivity contribution is 7.89. The van der Waals surface area contributed by atoms with Crippen LogP contribution in [0.15, 0.2) is 23.1 Å². The lowest BCUT2D eigenvalue weighted by Crippen LogP contribution is -2.33. The Bertz CT molecular complexity index is 857. The van der Waals surface area contributed by atoms with Crippen LogP contribution in [0.1, 0.15) is 55.3 Å². The van der Waals surface area contributed by atoms with E-state index in [1.165, 1.54) is 29.6 Å². The van der Waals surface area contributed by atoms with Gasteiger partial charge in [-0.1, -0.05) is 12.8 Å². The van der Waals surface area contributed by atoms with Gasteiger partial charge in [0.2, 0.25) is 15.9 Å². The van der Waals surface area contributed by atoms with E-state index < -0.39 is 15.9 Å². The molecule has 2 aliphatic rings. The lowest BCUT2D eigenvalue weighted by molar-refractivity contribution is -0.129. The van der Waals surface area contributed by atoms with Gasteiger partial charge >= 0.3 is 0 Å². The predicted molar refractivity (Wildman–Crippen MR) is 113 cm³/mol. The zero-order valence-electron chi connectivity index (χ0n) is 17.6. The number of likely N-dealkylation sites (tertiary alicyclic amines) is 1. The molecule has 0 unspecified atom stereocenters. The third kappa shape index (κ3) is 5.31. The molecule has 9 heteroatoms. The second-order valence-corrected chi connectivity index (χ2v) is 9.68. The van der Waals surface area contributed by atoms with Crippen molar-refractivity contribution in [2.45, 2.75) is 49.8 Å². The third-order valence-corrected chi connectivity index (χ3v) is 7.61. The van der Waals surface area contributed by atoms with Crippen molar-refractivity contribution < 1.29 is 22.7 Å². The predicted octanol–water partition coefficient (Wildman–Crippen LogP) is 2.00. The highest BCUT2D eigenvalue weighted by Crippen LogP contribution is 2.29. The number of amides is 2. The van der Waals surface area contributed by atoms with E-state index in [1.54, 1.807) is 0 Å². The molecule has 0 aromatic heterocycles. The van der Waals surface area contributed by atoms with Gasteiger partial charge in [0.15, 0.2) is 0 Å². The normalized spacial score (nSPS) is 18.1. The largest absolute Gasteiger partial charge is 0.495 e. The van der Waals surface area contributed by atoms with Crippen LogP contribution in [0.5, 0.6) is 5.75 Å². The fraction of sp³-hybridized carbons (Fsp3) is 0.619. The molecule has 0 atom stereocenters. The summed E-state index contributed by atoms with van der Waals surface area (Å²) in [6, 6.07) is 4.42. The lowest BCUT2D eigenvalue weighted by Gasteiger charge is -2.21. The van der Waals surface area contributed by atoms with Crippen LogP contribution in [0.4, 0.5) is 0 Å². The minimum absolute atomic E-state index is 0.00712. The summed E-state index contributed by atoms with van der Waals surface area (Å²) in [7, 11) is -2.34. The van der Waals surface area contributed by atoms with E-state index in [4.69, 9.17) is 4.74 Å². The van der Waals surface area contributed by atoms with Crippen LogP contribution in [0, 0.1) is 0 Å². The number of sulfonamides is 1. The Hall–Kier alpha value is -2.13. The molecule has 1 aromatic carbocycles. The summed E-state index contributed by atoms with van der Waals surface area (Å²) in [5.74, 6) is -0.147. The van der Waals surface area contributed by atoms with Crippen LogP contribution in [-0.4, -0.2) is 69.3 Å². The van der Waals surface area contributed by atoms with E-state index in [9.17, 15) is 18.0 Å². The van der Waals surface area contributed by atoms with Crippen molar-refractivity contribution in [1.29, 1.82) is 0 Å². The summed E-state index contributed by atoms with van der Waals surface area (Å²) in [5.41, 5.74) is 0.234. The van der Waals surface area contributed by atoms with Crippen molar-refractivity contribution in [3.05, 3.63) is 23.8 Å². The molecular formula is C21H31N3O5S. The number of carbonyl (C=O) groups is 2. The summed E-state index contributed by atoms with van der Waals surface area (Å²) < 4.78 is 33.2. The van der Waals surface area contributed by atoms with E-state index in [-0.39, 0.29) is 35.1 Å². The molecule has 2 saturated heterocycles. The molecule has 1 aromatic rings. The number of nitrogens with zero attached hydrogens (tertiary/aromatic N) is 2. The molecule has 1 N–H and O–H groups in total. The van der Waals surface area contributed by atoms with Crippen molar-refractivity contribution in [3.8, 4) is 5.75 Å². The van der Waals surface area contributed by atoms with Crippen LogP contribution < -0.4 is 10.1 Å². The quantitative estimate of drug-likeness (QED) is 0.704. The highest BCUT2D eigenvalue weighted by Gasteiger charge is 2.29. The average molecular weight is 438 g/mol. The first-order valence-electron chi connectivity index (χ1n) is 10.7. The fourth-order valence-corrected chi connectivity index (χ4v) is 5.65. The van der Waals surface area contributed by atoms with Gasteiger partial charge in [0, 0.05) is 44.7 Å². The maximum absolute atomic E-state index is 13.2. The van der Waals surface area contributed by atoms with E-state index in [2.05, 4.69) is 5.32 Å². The molecule has 30 heavy (non-hydrogen) atoms. The second-order valence-electron chi connectivity index (χ2n) is 7.78. The summed E-state index contributed by atoms with van der Waals surface area (Å²) >= 11 is 0. The molecule has 3 rings (SSSR count). The minimum atomic E-state index is -3.76. The first kappa shape index (κ1) is 22.6. The topological polar surface area (TPSA) is 96.0 Å². The Kier molecular flexibility index (Phi) is 7.71. The first-order chi connectivity index (χ1) is 14.4. The summed E-state index contributed by atoms with van der Waals surface area (Å²) in [6.07, 6.45) is 5.97. The van der Waals surface area contributed by atoms with Gasteiger partial charge in [-0.15, -0.1) is 0 Å². The number of ether oxygens (including phenoxy) is 1. The molecule has 0 saturated carbocycles. The van der Waals surface area contributed by atoms with Gasteiger partial charge in [0.05, 0.1) is 7.11 Å². The number of carbonyl (C=O) groups excluding carboxylic acids is 2.